The van der Waals surface area contributed by atoms with Gasteiger partial charge in [0.05, 0.1) is 17.7 Å². The van der Waals surface area contributed by atoms with Gasteiger partial charge in [0.2, 0.25) is 0 Å². The summed E-state index contributed by atoms with van der Waals surface area (Å²) in [7, 11) is -0.864. The Labute approximate surface area is 175 Å². The number of pyridine rings is 1. The van der Waals surface area contributed by atoms with Crippen molar-refractivity contribution in [2.24, 2.45) is 0 Å². The van der Waals surface area contributed by atoms with E-state index in [1.807, 2.05) is 0 Å². The lowest BCUT2D eigenvalue weighted by Gasteiger charge is -2.21. The highest BCUT2D eigenvalue weighted by molar-refractivity contribution is 7.92. The molecule has 2 aromatic carbocycles. The van der Waals surface area contributed by atoms with E-state index in [2.05, 4.69) is 10.3 Å². The predicted molar refractivity (Wildman–Crippen MR) is 113 cm³/mol. The summed E-state index contributed by atoms with van der Waals surface area (Å²) in [5, 5.41) is 2.68. The molecule has 0 bridgehead atoms. The Morgan fingerprint density at radius 3 is 2.37 bits per heavy atom. The predicted octanol–water partition coefficient (Wildman–Crippen LogP) is 2.93. The van der Waals surface area contributed by atoms with Gasteiger partial charge in [0.1, 0.15) is 11.5 Å². The molecule has 1 N–H and O–H groups in total. The van der Waals surface area contributed by atoms with E-state index in [9.17, 15) is 13.2 Å². The van der Waals surface area contributed by atoms with Crippen LogP contribution in [0, 0.1) is 0 Å². The first-order chi connectivity index (χ1) is 14.4. The van der Waals surface area contributed by atoms with Gasteiger partial charge in [-0.2, -0.15) is 0 Å². The maximum absolute atomic E-state index is 12.9. The van der Waals surface area contributed by atoms with Gasteiger partial charge >= 0.3 is 0 Å². The van der Waals surface area contributed by atoms with E-state index in [0.29, 0.717) is 22.9 Å². The van der Waals surface area contributed by atoms with Gasteiger partial charge in [-0.25, -0.2) is 8.42 Å². The number of nitrogens with zero attached hydrogens (tertiary/aromatic N) is 2. The Hall–Kier alpha value is -3.59. The van der Waals surface area contributed by atoms with Gasteiger partial charge in [-0.05, 0) is 24.3 Å². The van der Waals surface area contributed by atoms with Gasteiger partial charge in [-0.3, -0.25) is 14.1 Å². The van der Waals surface area contributed by atoms with E-state index in [-0.39, 0.29) is 17.4 Å². The average molecular weight is 427 g/mol. The quantitative estimate of drug-likeness (QED) is 0.594. The minimum atomic E-state index is -3.77. The molecule has 0 saturated heterocycles. The minimum absolute atomic E-state index is 0.162. The summed E-state index contributed by atoms with van der Waals surface area (Å²) < 4.78 is 37.7. The first-order valence-corrected chi connectivity index (χ1v) is 10.4. The van der Waals surface area contributed by atoms with Crippen LogP contribution in [0.2, 0.25) is 0 Å². The summed E-state index contributed by atoms with van der Waals surface area (Å²) in [6, 6.07) is 16.1. The molecule has 0 aliphatic rings. The second-order valence-electron chi connectivity index (χ2n) is 6.23. The fourth-order valence-electron chi connectivity index (χ4n) is 2.61. The number of aromatic nitrogens is 1. The van der Waals surface area contributed by atoms with Crippen LogP contribution in [0.25, 0.3) is 0 Å². The van der Waals surface area contributed by atoms with Crippen molar-refractivity contribution in [3.05, 3.63) is 73.1 Å². The lowest BCUT2D eigenvalue weighted by atomic mass is 10.3. The number of carbonyl (C=O) groups is 1. The average Bonchev–Trinajstić information content (AvgIpc) is 2.78. The van der Waals surface area contributed by atoms with Crippen molar-refractivity contribution in [2.45, 2.75) is 4.90 Å². The van der Waals surface area contributed by atoms with Crippen LogP contribution in [0.1, 0.15) is 0 Å². The SMILES string of the molecule is COc1cc(OCC(=O)Nc2ccncc2)cc(N(C)S(=O)(=O)c2ccccc2)c1. The fourth-order valence-corrected chi connectivity index (χ4v) is 3.81. The summed E-state index contributed by atoms with van der Waals surface area (Å²) >= 11 is 0. The maximum atomic E-state index is 12.9. The number of rotatable bonds is 8. The Balaban J connectivity index is 1.77. The largest absolute Gasteiger partial charge is 0.497 e. The molecule has 0 radical (unpaired) electrons. The molecule has 3 aromatic rings. The molecule has 0 unspecified atom stereocenters. The second kappa shape index (κ2) is 9.27. The number of sulfonamides is 1. The van der Waals surface area contributed by atoms with Gasteiger partial charge in [0.25, 0.3) is 15.9 Å². The zero-order valence-corrected chi connectivity index (χ0v) is 17.3. The van der Waals surface area contributed by atoms with Crippen LogP contribution in [0.4, 0.5) is 11.4 Å². The molecule has 0 saturated carbocycles. The molecule has 0 spiro atoms. The number of anilines is 2. The molecule has 9 heteroatoms. The summed E-state index contributed by atoms with van der Waals surface area (Å²) in [6.45, 7) is -0.260. The molecule has 0 atom stereocenters. The number of carbonyl (C=O) groups excluding carboxylic acids is 1. The van der Waals surface area contributed by atoms with Crippen LogP contribution >= 0.6 is 0 Å². The Bertz CT molecular complexity index is 1110. The summed E-state index contributed by atoms with van der Waals surface area (Å²) in [5.74, 6) is 0.326. The third kappa shape index (κ3) is 5.06. The standard InChI is InChI=1S/C21H21N3O5S/c1-24(30(26,27)20-6-4-3-5-7-20)17-12-18(28-2)14-19(13-17)29-15-21(25)23-16-8-10-22-11-9-16/h3-14H,15H2,1-2H3,(H,22,23,25). The zero-order chi connectivity index (χ0) is 21.6. The van der Waals surface area contributed by atoms with E-state index < -0.39 is 10.0 Å². The molecule has 1 amide bonds. The second-order valence-corrected chi connectivity index (χ2v) is 8.19. The molecular weight excluding hydrogens is 406 g/mol. The first-order valence-electron chi connectivity index (χ1n) is 8.96. The topological polar surface area (TPSA) is 97.8 Å². The highest BCUT2D eigenvalue weighted by atomic mass is 32.2. The maximum Gasteiger partial charge on any atom is 0.264 e. The van der Waals surface area contributed by atoms with Crippen LogP contribution in [0.15, 0.2) is 78.0 Å². The molecule has 1 aromatic heterocycles. The molecule has 30 heavy (non-hydrogen) atoms. The monoisotopic (exact) mass is 427 g/mol. The van der Waals surface area contributed by atoms with Crippen LogP contribution in [-0.2, 0) is 14.8 Å². The van der Waals surface area contributed by atoms with Crippen LogP contribution in [0.5, 0.6) is 11.5 Å². The van der Waals surface area contributed by atoms with E-state index >= 15 is 0 Å². The molecule has 0 fully saturated rings. The summed E-state index contributed by atoms with van der Waals surface area (Å²) in [5.41, 5.74) is 0.932. The van der Waals surface area contributed by atoms with Crippen LogP contribution < -0.4 is 19.1 Å². The van der Waals surface area contributed by atoms with Crippen molar-refractivity contribution in [1.29, 1.82) is 0 Å². The first kappa shape index (κ1) is 21.1. The molecule has 0 aliphatic carbocycles. The summed E-state index contributed by atoms with van der Waals surface area (Å²) in [4.78, 5) is 16.2. The number of ether oxygens (including phenoxy) is 2. The number of hydrogen-bond donors (Lipinski definition) is 1. The van der Waals surface area contributed by atoms with Crippen molar-refractivity contribution in [2.75, 3.05) is 30.4 Å². The molecule has 1 heterocycles. The molecular formula is C21H21N3O5S. The number of hydrogen-bond acceptors (Lipinski definition) is 6. The van der Waals surface area contributed by atoms with E-state index in [0.717, 1.165) is 4.31 Å². The molecule has 3 rings (SSSR count). The Morgan fingerprint density at radius 1 is 1.03 bits per heavy atom. The number of amides is 1. The molecule has 156 valence electrons. The highest BCUT2D eigenvalue weighted by Crippen LogP contribution is 2.31. The Kier molecular flexibility index (Phi) is 6.53. The van der Waals surface area contributed by atoms with Crippen LogP contribution in [0.3, 0.4) is 0 Å². The minimum Gasteiger partial charge on any atom is -0.497 e. The third-order valence-electron chi connectivity index (χ3n) is 4.20. The lowest BCUT2D eigenvalue weighted by Crippen LogP contribution is -2.26. The molecule has 0 aliphatic heterocycles. The number of methoxy groups -OCH3 is 1. The van der Waals surface area contributed by atoms with Gasteiger partial charge < -0.3 is 14.8 Å². The highest BCUT2D eigenvalue weighted by Gasteiger charge is 2.22. The van der Waals surface area contributed by atoms with E-state index in [1.165, 1.54) is 32.4 Å². The lowest BCUT2D eigenvalue weighted by molar-refractivity contribution is -0.118. The van der Waals surface area contributed by atoms with E-state index in [4.69, 9.17) is 9.47 Å². The van der Waals surface area contributed by atoms with Crippen LogP contribution in [-0.4, -0.2) is 40.1 Å². The number of nitrogens with one attached hydrogen (secondary N) is 1. The fraction of sp³-hybridized carbons (Fsp3) is 0.143. The van der Waals surface area contributed by atoms with Crippen molar-refractivity contribution < 1.29 is 22.7 Å². The zero-order valence-electron chi connectivity index (χ0n) is 16.5. The number of benzene rings is 2. The van der Waals surface area contributed by atoms with Gasteiger partial charge in [0.15, 0.2) is 6.61 Å². The van der Waals surface area contributed by atoms with E-state index in [1.54, 1.807) is 54.9 Å². The van der Waals surface area contributed by atoms with Crippen molar-refractivity contribution in [1.82, 2.24) is 4.98 Å². The van der Waals surface area contributed by atoms with Crippen molar-refractivity contribution in [3.63, 3.8) is 0 Å². The smallest absolute Gasteiger partial charge is 0.264 e. The van der Waals surface area contributed by atoms with Gasteiger partial charge in [-0.15, -0.1) is 0 Å². The van der Waals surface area contributed by atoms with Gasteiger partial charge in [0, 0.05) is 43.3 Å². The van der Waals surface area contributed by atoms with Crippen molar-refractivity contribution >= 4 is 27.3 Å². The third-order valence-corrected chi connectivity index (χ3v) is 6.00. The summed E-state index contributed by atoms with van der Waals surface area (Å²) in [6.07, 6.45) is 3.13. The molecule has 8 nitrogen and oxygen atoms in total. The normalized spacial score (nSPS) is 10.9. The Morgan fingerprint density at radius 2 is 1.70 bits per heavy atom. The van der Waals surface area contributed by atoms with Gasteiger partial charge in [-0.1, -0.05) is 18.2 Å². The van der Waals surface area contributed by atoms with Crippen molar-refractivity contribution in [3.8, 4) is 11.5 Å².